The Balaban J connectivity index is 2.93. The largest absolute Gasteiger partial charge is 0.465 e. The summed E-state index contributed by atoms with van der Waals surface area (Å²) in [6.07, 6.45) is 0. The molecule has 0 radical (unpaired) electrons. The number of methoxy groups -OCH3 is 1. The van der Waals surface area contributed by atoms with E-state index in [2.05, 4.69) is 19.2 Å². The van der Waals surface area contributed by atoms with Gasteiger partial charge >= 0.3 is 5.97 Å². The van der Waals surface area contributed by atoms with Gasteiger partial charge in [0.15, 0.2) is 0 Å². The highest BCUT2D eigenvalue weighted by molar-refractivity contribution is 6.31. The first-order valence-corrected chi connectivity index (χ1v) is 5.54. The SMILES string of the molecule is COC(=O)c1cc(Cl)ccc1NCC(C)C. The molecule has 1 N–H and O–H groups in total. The molecule has 88 valence electrons. The van der Waals surface area contributed by atoms with Crippen molar-refractivity contribution in [3.8, 4) is 0 Å². The average molecular weight is 242 g/mol. The summed E-state index contributed by atoms with van der Waals surface area (Å²) in [5.41, 5.74) is 1.22. The zero-order valence-corrected chi connectivity index (χ0v) is 10.5. The van der Waals surface area contributed by atoms with Gasteiger partial charge in [0, 0.05) is 17.3 Å². The zero-order valence-electron chi connectivity index (χ0n) is 9.71. The second-order valence-electron chi connectivity index (χ2n) is 3.96. The lowest BCUT2D eigenvalue weighted by Crippen LogP contribution is -2.12. The van der Waals surface area contributed by atoms with E-state index in [9.17, 15) is 4.79 Å². The minimum atomic E-state index is -0.381. The molecule has 1 aromatic rings. The summed E-state index contributed by atoms with van der Waals surface area (Å²) in [7, 11) is 1.36. The molecule has 0 atom stereocenters. The van der Waals surface area contributed by atoms with Crippen LogP contribution in [-0.4, -0.2) is 19.6 Å². The summed E-state index contributed by atoms with van der Waals surface area (Å²) in [6.45, 7) is 4.99. The summed E-state index contributed by atoms with van der Waals surface area (Å²) in [5, 5.41) is 3.72. The highest BCUT2D eigenvalue weighted by Crippen LogP contribution is 2.21. The third kappa shape index (κ3) is 3.42. The van der Waals surface area contributed by atoms with Crippen LogP contribution >= 0.6 is 11.6 Å². The molecule has 0 heterocycles. The highest BCUT2D eigenvalue weighted by Gasteiger charge is 2.12. The molecule has 0 aliphatic heterocycles. The van der Waals surface area contributed by atoms with E-state index >= 15 is 0 Å². The summed E-state index contributed by atoms with van der Waals surface area (Å²) >= 11 is 5.85. The number of esters is 1. The fourth-order valence-electron chi connectivity index (χ4n) is 1.26. The normalized spacial score (nSPS) is 10.3. The number of halogens is 1. The first-order valence-electron chi connectivity index (χ1n) is 5.16. The molecule has 0 amide bonds. The maximum absolute atomic E-state index is 11.5. The topological polar surface area (TPSA) is 38.3 Å². The van der Waals surface area contributed by atoms with Crippen molar-refractivity contribution in [2.24, 2.45) is 5.92 Å². The van der Waals surface area contributed by atoms with E-state index in [1.807, 2.05) is 0 Å². The fraction of sp³-hybridized carbons (Fsp3) is 0.417. The van der Waals surface area contributed by atoms with E-state index < -0.39 is 0 Å². The van der Waals surface area contributed by atoms with Crippen molar-refractivity contribution < 1.29 is 9.53 Å². The standard InChI is InChI=1S/C12H16ClNO2/c1-8(2)7-14-11-5-4-9(13)6-10(11)12(15)16-3/h4-6,8,14H,7H2,1-3H3. The number of hydrogen-bond acceptors (Lipinski definition) is 3. The Morgan fingerprint density at radius 1 is 1.50 bits per heavy atom. The van der Waals surface area contributed by atoms with Gasteiger partial charge in [-0.25, -0.2) is 4.79 Å². The Morgan fingerprint density at radius 2 is 2.19 bits per heavy atom. The van der Waals surface area contributed by atoms with Crippen molar-refractivity contribution in [1.82, 2.24) is 0 Å². The van der Waals surface area contributed by atoms with Gasteiger partial charge in [0.1, 0.15) is 0 Å². The van der Waals surface area contributed by atoms with Crippen molar-refractivity contribution >= 4 is 23.3 Å². The Morgan fingerprint density at radius 3 is 2.75 bits per heavy atom. The minimum Gasteiger partial charge on any atom is -0.465 e. The van der Waals surface area contributed by atoms with Gasteiger partial charge in [-0.15, -0.1) is 0 Å². The fourth-order valence-corrected chi connectivity index (χ4v) is 1.44. The van der Waals surface area contributed by atoms with Gasteiger partial charge in [-0.1, -0.05) is 25.4 Å². The lowest BCUT2D eigenvalue weighted by Gasteiger charge is -2.12. The Labute approximate surface area is 101 Å². The van der Waals surface area contributed by atoms with E-state index in [0.29, 0.717) is 16.5 Å². The smallest absolute Gasteiger partial charge is 0.340 e. The van der Waals surface area contributed by atoms with Crippen LogP contribution in [0.15, 0.2) is 18.2 Å². The van der Waals surface area contributed by atoms with Gasteiger partial charge in [0.05, 0.1) is 12.7 Å². The van der Waals surface area contributed by atoms with Crippen LogP contribution in [-0.2, 0) is 4.74 Å². The number of rotatable bonds is 4. The lowest BCUT2D eigenvalue weighted by atomic mass is 10.1. The molecule has 4 heteroatoms. The molecule has 0 spiro atoms. The third-order valence-electron chi connectivity index (χ3n) is 2.09. The predicted molar refractivity (Wildman–Crippen MR) is 66.1 cm³/mol. The maximum atomic E-state index is 11.5. The van der Waals surface area contributed by atoms with Crippen LogP contribution in [0.1, 0.15) is 24.2 Å². The Bertz CT molecular complexity index is 377. The van der Waals surface area contributed by atoms with E-state index in [-0.39, 0.29) is 5.97 Å². The molecule has 3 nitrogen and oxygen atoms in total. The van der Waals surface area contributed by atoms with E-state index in [0.717, 1.165) is 12.2 Å². The molecule has 0 aliphatic carbocycles. The molecule has 16 heavy (non-hydrogen) atoms. The second-order valence-corrected chi connectivity index (χ2v) is 4.39. The zero-order chi connectivity index (χ0) is 12.1. The van der Waals surface area contributed by atoms with Gasteiger partial charge in [-0.3, -0.25) is 0 Å². The first-order chi connectivity index (χ1) is 7.54. The van der Waals surface area contributed by atoms with E-state index in [1.54, 1.807) is 18.2 Å². The number of hydrogen-bond donors (Lipinski definition) is 1. The molecule has 0 unspecified atom stereocenters. The van der Waals surface area contributed by atoms with Crippen LogP contribution in [0.25, 0.3) is 0 Å². The third-order valence-corrected chi connectivity index (χ3v) is 2.32. The van der Waals surface area contributed by atoms with Crippen molar-refractivity contribution in [2.45, 2.75) is 13.8 Å². The molecular weight excluding hydrogens is 226 g/mol. The summed E-state index contributed by atoms with van der Waals surface area (Å²) < 4.78 is 4.70. The van der Waals surface area contributed by atoms with Gasteiger partial charge in [0.2, 0.25) is 0 Å². The first kappa shape index (κ1) is 12.8. The molecule has 0 aromatic heterocycles. The number of anilines is 1. The molecule has 0 fully saturated rings. The van der Waals surface area contributed by atoms with E-state index in [4.69, 9.17) is 16.3 Å². The minimum absolute atomic E-state index is 0.381. The van der Waals surface area contributed by atoms with Gasteiger partial charge in [0.25, 0.3) is 0 Å². The second kappa shape index (κ2) is 5.75. The predicted octanol–water partition coefficient (Wildman–Crippen LogP) is 3.19. The van der Waals surface area contributed by atoms with Crippen molar-refractivity contribution in [1.29, 1.82) is 0 Å². The summed E-state index contributed by atoms with van der Waals surface area (Å²) in [6, 6.07) is 5.14. The highest BCUT2D eigenvalue weighted by atomic mass is 35.5. The number of nitrogens with one attached hydrogen (secondary N) is 1. The van der Waals surface area contributed by atoms with E-state index in [1.165, 1.54) is 7.11 Å². The molecule has 1 aromatic carbocycles. The number of benzene rings is 1. The Kier molecular flexibility index (Phi) is 4.62. The van der Waals surface area contributed by atoms with Gasteiger partial charge < -0.3 is 10.1 Å². The summed E-state index contributed by atoms with van der Waals surface area (Å²) in [4.78, 5) is 11.5. The van der Waals surface area contributed by atoms with Crippen molar-refractivity contribution in [3.05, 3.63) is 28.8 Å². The average Bonchev–Trinajstić information content (AvgIpc) is 2.26. The number of ether oxygens (including phenoxy) is 1. The van der Waals surface area contributed by atoms with Crippen LogP contribution in [0, 0.1) is 5.92 Å². The maximum Gasteiger partial charge on any atom is 0.340 e. The van der Waals surface area contributed by atoms with Crippen LogP contribution < -0.4 is 5.32 Å². The monoisotopic (exact) mass is 241 g/mol. The molecule has 0 saturated heterocycles. The quantitative estimate of drug-likeness (QED) is 0.823. The van der Waals surface area contributed by atoms with Gasteiger partial charge in [-0.05, 0) is 24.1 Å². The van der Waals surface area contributed by atoms with Crippen LogP contribution in [0.2, 0.25) is 5.02 Å². The number of carbonyl (C=O) groups excluding carboxylic acids is 1. The number of carbonyl (C=O) groups is 1. The molecule has 1 rings (SSSR count). The van der Waals surface area contributed by atoms with Crippen molar-refractivity contribution in [2.75, 3.05) is 19.0 Å². The molecule has 0 aliphatic rings. The van der Waals surface area contributed by atoms with Crippen LogP contribution in [0.4, 0.5) is 5.69 Å². The molecule has 0 saturated carbocycles. The van der Waals surface area contributed by atoms with Crippen molar-refractivity contribution in [3.63, 3.8) is 0 Å². The Hall–Kier alpha value is -1.22. The van der Waals surface area contributed by atoms with Gasteiger partial charge in [-0.2, -0.15) is 0 Å². The summed E-state index contributed by atoms with van der Waals surface area (Å²) in [5.74, 6) is 0.120. The molecule has 0 bridgehead atoms. The lowest BCUT2D eigenvalue weighted by molar-refractivity contribution is 0.0602. The van der Waals surface area contributed by atoms with Crippen LogP contribution in [0.5, 0.6) is 0 Å². The van der Waals surface area contributed by atoms with Crippen LogP contribution in [0.3, 0.4) is 0 Å². The molecular formula is C12H16ClNO2.